The number of likely N-dealkylation sites (N-methyl/N-ethyl adjacent to an activating group) is 1. The molecule has 2 atom stereocenters. The number of carbonyl (C=O) groups is 2. The SMILES string of the molecule is CN1C(=O)[C@H]2C[C@]1(c1ccccc1)c1ccccc1C(=O)N2. The van der Waals surface area contributed by atoms with Crippen LogP contribution >= 0.6 is 0 Å². The summed E-state index contributed by atoms with van der Waals surface area (Å²) in [5.74, 6) is -0.202. The van der Waals surface area contributed by atoms with Gasteiger partial charge < -0.3 is 10.2 Å². The second kappa shape index (κ2) is 4.44. The van der Waals surface area contributed by atoms with Crippen LogP contribution in [0, 0.1) is 0 Å². The number of benzene rings is 2. The summed E-state index contributed by atoms with van der Waals surface area (Å²) in [5, 5.41) is 2.87. The predicted octanol–water partition coefficient (Wildman–Crippen LogP) is 1.90. The Morgan fingerprint density at radius 3 is 2.50 bits per heavy atom. The van der Waals surface area contributed by atoms with E-state index in [1.807, 2.05) is 61.6 Å². The molecule has 4 heteroatoms. The number of rotatable bonds is 1. The molecule has 2 heterocycles. The van der Waals surface area contributed by atoms with Crippen LogP contribution < -0.4 is 5.32 Å². The molecule has 2 aromatic carbocycles. The number of likely N-dealkylation sites (tertiary alicyclic amines) is 1. The Hall–Kier alpha value is -2.62. The molecule has 0 aliphatic carbocycles. The standard InChI is InChI=1S/C18H16N2O2/c1-20-17(22)15-11-18(20,12-7-3-2-4-8-12)14-10-6-5-9-13(14)16(21)19-15/h2-10,15H,11H2,1H3,(H,19,21)/t15-,18+/m1/s1. The van der Waals surface area contributed by atoms with Crippen LogP contribution in [0.15, 0.2) is 54.6 Å². The molecule has 0 aromatic heterocycles. The summed E-state index contributed by atoms with van der Waals surface area (Å²) < 4.78 is 0. The third-order valence-corrected chi connectivity index (χ3v) is 4.87. The lowest BCUT2D eigenvalue weighted by Crippen LogP contribution is -2.46. The van der Waals surface area contributed by atoms with Gasteiger partial charge in [-0.1, -0.05) is 48.5 Å². The van der Waals surface area contributed by atoms with Gasteiger partial charge in [0.05, 0.1) is 5.54 Å². The molecule has 0 unspecified atom stereocenters. The Kier molecular flexibility index (Phi) is 2.64. The number of fused-ring (bicyclic) bond motifs is 4. The molecule has 4 nitrogen and oxygen atoms in total. The van der Waals surface area contributed by atoms with Crippen molar-refractivity contribution in [3.05, 3.63) is 71.3 Å². The summed E-state index contributed by atoms with van der Waals surface area (Å²) in [7, 11) is 1.82. The Bertz CT molecular complexity index is 772. The van der Waals surface area contributed by atoms with E-state index in [2.05, 4.69) is 5.32 Å². The van der Waals surface area contributed by atoms with Gasteiger partial charge in [0.2, 0.25) is 5.91 Å². The van der Waals surface area contributed by atoms with Crippen molar-refractivity contribution in [3.63, 3.8) is 0 Å². The average Bonchev–Trinajstić information content (AvgIpc) is 2.73. The summed E-state index contributed by atoms with van der Waals surface area (Å²) in [6.45, 7) is 0. The van der Waals surface area contributed by atoms with E-state index >= 15 is 0 Å². The first-order valence-electron chi connectivity index (χ1n) is 7.38. The lowest BCUT2D eigenvalue weighted by molar-refractivity contribution is -0.130. The molecule has 1 fully saturated rings. The zero-order chi connectivity index (χ0) is 15.3. The van der Waals surface area contributed by atoms with Gasteiger partial charge in [0, 0.05) is 19.0 Å². The molecular formula is C18H16N2O2. The third-order valence-electron chi connectivity index (χ3n) is 4.87. The highest BCUT2D eigenvalue weighted by Gasteiger charge is 2.54. The monoisotopic (exact) mass is 292 g/mol. The van der Waals surface area contributed by atoms with E-state index in [0.717, 1.165) is 11.1 Å². The largest absolute Gasteiger partial charge is 0.340 e. The number of hydrogen-bond acceptors (Lipinski definition) is 2. The molecule has 2 aromatic rings. The summed E-state index contributed by atoms with van der Waals surface area (Å²) in [6, 6.07) is 17.1. The van der Waals surface area contributed by atoms with Crippen LogP contribution in [0.4, 0.5) is 0 Å². The van der Waals surface area contributed by atoms with Crippen LogP contribution in [0.25, 0.3) is 0 Å². The van der Waals surface area contributed by atoms with Crippen molar-refractivity contribution in [2.24, 2.45) is 0 Å². The predicted molar refractivity (Wildman–Crippen MR) is 82.3 cm³/mol. The first-order chi connectivity index (χ1) is 10.6. The zero-order valence-electron chi connectivity index (χ0n) is 12.2. The van der Waals surface area contributed by atoms with Gasteiger partial charge in [-0.15, -0.1) is 0 Å². The number of carbonyl (C=O) groups excluding carboxylic acids is 2. The van der Waals surface area contributed by atoms with E-state index in [1.165, 1.54) is 0 Å². The highest BCUT2D eigenvalue weighted by atomic mass is 16.2. The summed E-state index contributed by atoms with van der Waals surface area (Å²) in [5.41, 5.74) is 2.00. The first-order valence-corrected chi connectivity index (χ1v) is 7.38. The summed E-state index contributed by atoms with van der Waals surface area (Å²) in [4.78, 5) is 26.8. The van der Waals surface area contributed by atoms with Crippen LogP contribution in [-0.2, 0) is 10.3 Å². The van der Waals surface area contributed by atoms with E-state index in [-0.39, 0.29) is 11.8 Å². The molecule has 0 spiro atoms. The van der Waals surface area contributed by atoms with E-state index in [9.17, 15) is 9.59 Å². The molecule has 2 aliphatic rings. The van der Waals surface area contributed by atoms with Gasteiger partial charge in [0.15, 0.2) is 0 Å². The fourth-order valence-electron chi connectivity index (χ4n) is 3.80. The number of nitrogens with zero attached hydrogens (tertiary/aromatic N) is 1. The maximum absolute atomic E-state index is 12.6. The molecule has 0 radical (unpaired) electrons. The van der Waals surface area contributed by atoms with E-state index in [4.69, 9.17) is 0 Å². The lowest BCUT2D eigenvalue weighted by Gasteiger charge is -2.38. The maximum atomic E-state index is 12.6. The van der Waals surface area contributed by atoms with Crippen molar-refractivity contribution in [3.8, 4) is 0 Å². The Balaban J connectivity index is 2.06. The highest BCUT2D eigenvalue weighted by Crippen LogP contribution is 2.46. The van der Waals surface area contributed by atoms with E-state index in [0.29, 0.717) is 12.0 Å². The van der Waals surface area contributed by atoms with Gasteiger partial charge in [-0.2, -0.15) is 0 Å². The number of hydrogen-bond donors (Lipinski definition) is 1. The minimum absolute atomic E-state index is 0.0355. The Labute approximate surface area is 128 Å². The van der Waals surface area contributed by atoms with Crippen LogP contribution in [-0.4, -0.2) is 29.8 Å². The number of nitrogens with one attached hydrogen (secondary N) is 1. The Morgan fingerprint density at radius 2 is 1.73 bits per heavy atom. The second-order valence-electron chi connectivity index (χ2n) is 5.90. The van der Waals surface area contributed by atoms with Gasteiger partial charge in [0.25, 0.3) is 5.91 Å². The molecule has 2 aliphatic heterocycles. The average molecular weight is 292 g/mol. The number of amides is 2. The van der Waals surface area contributed by atoms with E-state index < -0.39 is 11.6 Å². The van der Waals surface area contributed by atoms with Crippen molar-refractivity contribution >= 4 is 11.8 Å². The smallest absolute Gasteiger partial charge is 0.252 e. The zero-order valence-corrected chi connectivity index (χ0v) is 12.2. The fourth-order valence-corrected chi connectivity index (χ4v) is 3.80. The normalized spacial score (nSPS) is 26.4. The van der Waals surface area contributed by atoms with Gasteiger partial charge in [-0.3, -0.25) is 9.59 Å². The second-order valence-corrected chi connectivity index (χ2v) is 5.90. The van der Waals surface area contributed by atoms with Crippen molar-refractivity contribution in [2.45, 2.75) is 18.0 Å². The molecule has 1 N–H and O–H groups in total. The quantitative estimate of drug-likeness (QED) is 0.873. The molecule has 2 bridgehead atoms. The van der Waals surface area contributed by atoms with Crippen molar-refractivity contribution in [2.75, 3.05) is 7.05 Å². The molecule has 1 saturated heterocycles. The minimum atomic E-state index is -0.585. The summed E-state index contributed by atoms with van der Waals surface area (Å²) in [6.07, 6.45) is 0.565. The Morgan fingerprint density at radius 1 is 1.05 bits per heavy atom. The molecule has 2 amide bonds. The maximum Gasteiger partial charge on any atom is 0.252 e. The van der Waals surface area contributed by atoms with Gasteiger partial charge in [-0.25, -0.2) is 0 Å². The molecule has 110 valence electrons. The minimum Gasteiger partial charge on any atom is -0.340 e. The fraction of sp³-hybridized carbons (Fsp3) is 0.222. The first kappa shape index (κ1) is 13.1. The van der Waals surface area contributed by atoms with Crippen LogP contribution in [0.5, 0.6) is 0 Å². The van der Waals surface area contributed by atoms with Gasteiger partial charge in [-0.05, 0) is 17.2 Å². The van der Waals surface area contributed by atoms with Crippen LogP contribution in [0.1, 0.15) is 27.9 Å². The summed E-state index contributed by atoms with van der Waals surface area (Å²) >= 11 is 0. The molecular weight excluding hydrogens is 276 g/mol. The topological polar surface area (TPSA) is 49.4 Å². The van der Waals surface area contributed by atoms with Crippen molar-refractivity contribution in [1.82, 2.24) is 10.2 Å². The van der Waals surface area contributed by atoms with E-state index in [1.54, 1.807) is 4.90 Å². The molecule has 4 rings (SSSR count). The third kappa shape index (κ3) is 1.52. The molecule has 22 heavy (non-hydrogen) atoms. The lowest BCUT2D eigenvalue weighted by atomic mass is 9.78. The van der Waals surface area contributed by atoms with Crippen LogP contribution in [0.3, 0.4) is 0 Å². The van der Waals surface area contributed by atoms with Crippen molar-refractivity contribution < 1.29 is 9.59 Å². The molecule has 0 saturated carbocycles. The van der Waals surface area contributed by atoms with Crippen LogP contribution in [0.2, 0.25) is 0 Å². The van der Waals surface area contributed by atoms with Crippen molar-refractivity contribution in [1.29, 1.82) is 0 Å². The van der Waals surface area contributed by atoms with Gasteiger partial charge in [0.1, 0.15) is 6.04 Å². The van der Waals surface area contributed by atoms with Gasteiger partial charge >= 0.3 is 0 Å². The highest BCUT2D eigenvalue weighted by molar-refractivity contribution is 6.02.